The van der Waals surface area contributed by atoms with Gasteiger partial charge in [-0.1, -0.05) is 11.6 Å². The number of rotatable bonds is 9. The normalized spacial score (nSPS) is 12.5. The lowest BCUT2D eigenvalue weighted by Gasteiger charge is -2.18. The lowest BCUT2D eigenvalue weighted by Crippen LogP contribution is -2.36. The van der Waals surface area contributed by atoms with Gasteiger partial charge in [0.1, 0.15) is 12.4 Å². The maximum absolute atomic E-state index is 15.3. The number of halogens is 6. The second kappa shape index (κ2) is 11.2. The smallest absolute Gasteiger partial charge is 0.333 e. The van der Waals surface area contributed by atoms with E-state index in [9.17, 15) is 22.8 Å². The fraction of sp³-hybridized carbons (Fsp3) is 0.160. The van der Waals surface area contributed by atoms with Crippen LogP contribution in [0.3, 0.4) is 0 Å². The molecule has 1 atom stereocenters. The Kier molecular flexibility index (Phi) is 7.31. The molecule has 0 unspecified atom stereocenters. The van der Waals surface area contributed by atoms with Crippen LogP contribution in [0.1, 0.15) is 30.4 Å². The van der Waals surface area contributed by atoms with Crippen molar-refractivity contribution < 1.29 is 26.7 Å². The van der Waals surface area contributed by atoms with E-state index in [1.54, 1.807) is 0 Å². The van der Waals surface area contributed by atoms with E-state index in [1.807, 2.05) is 0 Å². The largest absolute Gasteiger partial charge is 0.618 e. The number of hydrogen-bond donors (Lipinski definition) is 0. The topological polar surface area (TPSA) is 124 Å². The van der Waals surface area contributed by atoms with Crippen LogP contribution >= 0.6 is 11.6 Å². The molecular weight excluding hydrogens is 601 g/mol. The molecule has 220 valence electrons. The van der Waals surface area contributed by atoms with Crippen molar-refractivity contribution in [3.63, 3.8) is 0 Å². The SMILES string of the molecule is [O-][n+]1cc(-c2c(-n3cnnn3)ccc(Cl)c2F)ccc1[C@H](Cc1cnn(C(F)F)c1)n1cc(-c2ccnn2C(F)F)cn1. The first-order valence-electron chi connectivity index (χ1n) is 12.3. The zero-order valence-electron chi connectivity index (χ0n) is 21.5. The van der Waals surface area contributed by atoms with Crippen molar-refractivity contribution in [2.24, 2.45) is 0 Å². The van der Waals surface area contributed by atoms with Crippen LogP contribution < -0.4 is 4.73 Å². The third-order valence-corrected chi connectivity index (χ3v) is 6.89. The van der Waals surface area contributed by atoms with Gasteiger partial charge in [0.25, 0.3) is 0 Å². The summed E-state index contributed by atoms with van der Waals surface area (Å²) in [4.78, 5) is 0. The summed E-state index contributed by atoms with van der Waals surface area (Å²) in [5, 5.41) is 35.8. The van der Waals surface area contributed by atoms with E-state index in [0.717, 1.165) is 12.4 Å². The summed E-state index contributed by atoms with van der Waals surface area (Å²) < 4.78 is 72.6. The fourth-order valence-electron chi connectivity index (χ4n) is 4.66. The predicted molar refractivity (Wildman–Crippen MR) is 139 cm³/mol. The molecule has 0 aliphatic heterocycles. The Bertz CT molecular complexity index is 1890. The summed E-state index contributed by atoms with van der Waals surface area (Å²) in [6.45, 7) is -5.80. The van der Waals surface area contributed by atoms with Crippen molar-refractivity contribution in [2.45, 2.75) is 25.6 Å². The van der Waals surface area contributed by atoms with Gasteiger partial charge >= 0.3 is 13.1 Å². The van der Waals surface area contributed by atoms with Crippen LogP contribution in [0.4, 0.5) is 22.0 Å². The van der Waals surface area contributed by atoms with E-state index in [1.165, 1.54) is 70.8 Å². The molecule has 0 N–H and O–H groups in total. The van der Waals surface area contributed by atoms with E-state index in [2.05, 4.69) is 30.8 Å². The van der Waals surface area contributed by atoms with Gasteiger partial charge in [-0.2, -0.15) is 42.3 Å². The molecule has 0 bridgehead atoms. The number of alkyl halides is 4. The van der Waals surface area contributed by atoms with E-state index in [4.69, 9.17) is 11.6 Å². The number of pyridine rings is 1. The number of nitrogens with zero attached hydrogens (tertiary/aromatic N) is 11. The highest BCUT2D eigenvalue weighted by Gasteiger charge is 2.27. The first kappa shape index (κ1) is 28.0. The number of hydrogen-bond acceptors (Lipinski definition) is 7. The van der Waals surface area contributed by atoms with Gasteiger partial charge in [-0.25, -0.2) is 13.8 Å². The minimum Gasteiger partial charge on any atom is -0.618 e. The molecule has 0 fully saturated rings. The number of aromatic nitrogens is 11. The molecule has 18 heteroatoms. The van der Waals surface area contributed by atoms with Crippen molar-refractivity contribution in [2.75, 3.05) is 0 Å². The summed E-state index contributed by atoms with van der Waals surface area (Å²) in [5.74, 6) is -0.814. The maximum Gasteiger partial charge on any atom is 0.333 e. The van der Waals surface area contributed by atoms with E-state index >= 15 is 4.39 Å². The van der Waals surface area contributed by atoms with Gasteiger partial charge in [0, 0.05) is 36.6 Å². The summed E-state index contributed by atoms with van der Waals surface area (Å²) in [6.07, 6.45) is 8.62. The van der Waals surface area contributed by atoms with E-state index < -0.39 is 25.0 Å². The van der Waals surface area contributed by atoms with E-state index in [-0.39, 0.29) is 45.2 Å². The Morgan fingerprint density at radius 2 is 1.72 bits per heavy atom. The second-order valence-corrected chi connectivity index (χ2v) is 9.56. The zero-order valence-corrected chi connectivity index (χ0v) is 22.2. The highest BCUT2D eigenvalue weighted by molar-refractivity contribution is 6.31. The molecule has 0 aliphatic carbocycles. The first-order valence-corrected chi connectivity index (χ1v) is 12.7. The minimum atomic E-state index is -2.91. The molecular formula is C25H17ClF5N11O. The Morgan fingerprint density at radius 3 is 2.42 bits per heavy atom. The summed E-state index contributed by atoms with van der Waals surface area (Å²) in [6, 6.07) is 6.14. The van der Waals surface area contributed by atoms with Crippen LogP contribution in [0.25, 0.3) is 28.1 Å². The van der Waals surface area contributed by atoms with Gasteiger partial charge in [-0.3, -0.25) is 4.68 Å². The van der Waals surface area contributed by atoms with Crippen LogP contribution in [-0.4, -0.2) is 49.5 Å². The van der Waals surface area contributed by atoms with Crippen LogP contribution in [0.2, 0.25) is 5.02 Å². The quantitative estimate of drug-likeness (QED) is 0.132. The lowest BCUT2D eigenvalue weighted by molar-refractivity contribution is -0.615. The van der Waals surface area contributed by atoms with Crippen LogP contribution in [0.15, 0.2) is 73.8 Å². The third-order valence-electron chi connectivity index (χ3n) is 6.60. The van der Waals surface area contributed by atoms with Crippen LogP contribution in [0, 0.1) is 11.0 Å². The van der Waals surface area contributed by atoms with Crippen molar-refractivity contribution in [1.29, 1.82) is 0 Å². The first-order chi connectivity index (χ1) is 20.7. The van der Waals surface area contributed by atoms with Gasteiger partial charge < -0.3 is 5.21 Å². The van der Waals surface area contributed by atoms with E-state index in [0.29, 0.717) is 19.7 Å². The lowest BCUT2D eigenvalue weighted by atomic mass is 10.0. The van der Waals surface area contributed by atoms with Crippen molar-refractivity contribution in [3.8, 4) is 28.1 Å². The van der Waals surface area contributed by atoms with Crippen molar-refractivity contribution >= 4 is 11.6 Å². The molecule has 1 aromatic carbocycles. The monoisotopic (exact) mass is 617 g/mol. The molecule has 0 saturated heterocycles. The summed E-state index contributed by atoms with van der Waals surface area (Å²) in [7, 11) is 0. The van der Waals surface area contributed by atoms with Gasteiger partial charge in [-0.05, 0) is 40.3 Å². The average Bonchev–Trinajstić information content (AvgIpc) is 3.79. The number of tetrazole rings is 1. The molecule has 0 aliphatic rings. The zero-order chi connectivity index (χ0) is 30.2. The Morgan fingerprint density at radius 1 is 0.907 bits per heavy atom. The predicted octanol–water partition coefficient (Wildman–Crippen LogP) is 4.63. The highest BCUT2D eigenvalue weighted by atomic mass is 35.5. The van der Waals surface area contributed by atoms with Gasteiger partial charge in [-0.15, -0.1) is 5.10 Å². The average molecular weight is 618 g/mol. The minimum absolute atomic E-state index is 0.0368. The molecule has 0 radical (unpaired) electrons. The highest BCUT2D eigenvalue weighted by Crippen LogP contribution is 2.34. The fourth-order valence-corrected chi connectivity index (χ4v) is 4.82. The molecule has 5 heterocycles. The van der Waals surface area contributed by atoms with Crippen LogP contribution in [-0.2, 0) is 6.42 Å². The van der Waals surface area contributed by atoms with Gasteiger partial charge in [0.05, 0.1) is 39.9 Å². The number of benzene rings is 1. The second-order valence-electron chi connectivity index (χ2n) is 9.15. The molecule has 6 aromatic rings. The summed E-state index contributed by atoms with van der Waals surface area (Å²) in [5.41, 5.74) is 1.06. The Labute approximate surface area is 242 Å². The van der Waals surface area contributed by atoms with Gasteiger partial charge in [0.2, 0.25) is 5.69 Å². The van der Waals surface area contributed by atoms with Gasteiger partial charge in [0.15, 0.2) is 12.0 Å². The molecule has 0 amide bonds. The Hall–Kier alpha value is -5.19. The standard InChI is InChI=1S/C25H17ClF5N11O/c26-17-2-4-20(40-13-32-36-37-40)22(23(17)27)15-1-3-19(41(43)12-15)21(7-14-8-34-39(10-14)24(28)29)38-11-16(9-35-38)18-5-6-33-42(18)25(30)31/h1-6,8-13,21,24-25H,7H2/t21-/m0/s1. The molecule has 12 nitrogen and oxygen atoms in total. The molecule has 0 spiro atoms. The summed E-state index contributed by atoms with van der Waals surface area (Å²) >= 11 is 6.04. The molecule has 5 aromatic heterocycles. The van der Waals surface area contributed by atoms with Crippen molar-refractivity contribution in [3.05, 3.63) is 101 Å². The molecule has 43 heavy (non-hydrogen) atoms. The molecule has 6 rings (SSSR count). The van der Waals surface area contributed by atoms with Crippen LogP contribution in [0.5, 0.6) is 0 Å². The molecule has 0 saturated carbocycles. The third kappa shape index (κ3) is 5.29. The Balaban J connectivity index is 1.43. The maximum atomic E-state index is 15.3. The van der Waals surface area contributed by atoms with Crippen molar-refractivity contribution in [1.82, 2.24) is 49.5 Å².